The summed E-state index contributed by atoms with van der Waals surface area (Å²) in [6.07, 6.45) is 3.94. The Labute approximate surface area is 362 Å². The second-order valence-electron chi connectivity index (χ2n) is 19.5. The molecule has 12 nitrogen and oxygen atoms in total. The number of carboxylic acid groups (broad SMARTS) is 1. The topological polar surface area (TPSA) is 148 Å². The van der Waals surface area contributed by atoms with E-state index in [2.05, 4.69) is 13.8 Å². The molecule has 3 aromatic rings. The quantitative estimate of drug-likeness (QED) is 0.123. The maximum atomic E-state index is 14.9. The average Bonchev–Trinajstić information content (AvgIpc) is 3.84. The van der Waals surface area contributed by atoms with Crippen molar-refractivity contribution in [1.29, 1.82) is 0 Å². The molecule has 3 saturated carbocycles. The van der Waals surface area contributed by atoms with Crippen LogP contribution in [-0.4, -0.2) is 101 Å². The van der Waals surface area contributed by atoms with Crippen molar-refractivity contribution >= 4 is 57.5 Å². The Morgan fingerprint density at radius 2 is 1.77 bits per heavy atom. The third-order valence-corrected chi connectivity index (χ3v) is 14.3. The number of fused-ring (bicyclic) bond motifs is 2. The molecule has 1 amide bonds. The fourth-order valence-electron chi connectivity index (χ4n) is 9.39. The van der Waals surface area contributed by atoms with E-state index in [4.69, 9.17) is 35.8 Å². The summed E-state index contributed by atoms with van der Waals surface area (Å²) < 4.78 is 18.8. The highest BCUT2D eigenvalue weighted by Gasteiger charge is 2.61. The Balaban J connectivity index is 1.21. The molecule has 0 bridgehead atoms. The van der Waals surface area contributed by atoms with E-state index < -0.39 is 40.8 Å². The molecule has 0 radical (unpaired) electrons. The number of likely N-dealkylation sites (tertiary alicyclic amines) is 1. The molecule has 2 aromatic heterocycles. The van der Waals surface area contributed by atoms with E-state index in [1.54, 1.807) is 22.3 Å². The van der Waals surface area contributed by atoms with Gasteiger partial charge in [0.2, 0.25) is 5.91 Å². The first-order valence-corrected chi connectivity index (χ1v) is 22.9. The van der Waals surface area contributed by atoms with E-state index in [1.165, 1.54) is 6.42 Å². The van der Waals surface area contributed by atoms with Gasteiger partial charge in [-0.05, 0) is 81.0 Å². The van der Waals surface area contributed by atoms with Gasteiger partial charge in [-0.25, -0.2) is 9.97 Å². The van der Waals surface area contributed by atoms with Crippen LogP contribution in [0.5, 0.6) is 11.5 Å². The summed E-state index contributed by atoms with van der Waals surface area (Å²) in [4.78, 5) is 68.8. The summed E-state index contributed by atoms with van der Waals surface area (Å²) in [5.74, 6) is -0.282. The summed E-state index contributed by atoms with van der Waals surface area (Å²) >= 11 is 8.62. The molecule has 8 atom stereocenters. The zero-order valence-electron chi connectivity index (χ0n) is 36.3. The predicted molar refractivity (Wildman–Crippen MR) is 231 cm³/mol. The lowest BCUT2D eigenvalue weighted by Crippen LogP contribution is -2.48. The van der Waals surface area contributed by atoms with Gasteiger partial charge in [-0.3, -0.25) is 19.2 Å². The van der Waals surface area contributed by atoms with Gasteiger partial charge in [0.15, 0.2) is 5.78 Å². The van der Waals surface area contributed by atoms with Crippen molar-refractivity contribution in [2.45, 2.75) is 118 Å². The molecule has 1 N–H and O–H groups in total. The van der Waals surface area contributed by atoms with Crippen LogP contribution in [0.1, 0.15) is 97.9 Å². The third-order valence-electron chi connectivity index (χ3n) is 13.1. The minimum absolute atomic E-state index is 0.0635. The molecule has 2 unspecified atom stereocenters. The van der Waals surface area contributed by atoms with Crippen LogP contribution in [0, 0.1) is 40.4 Å². The molecule has 14 heteroatoms. The minimum Gasteiger partial charge on any atom is -0.491 e. The lowest BCUT2D eigenvalue weighted by molar-refractivity contribution is -0.157. The van der Waals surface area contributed by atoms with Crippen molar-refractivity contribution in [2.24, 2.45) is 40.4 Å². The van der Waals surface area contributed by atoms with Crippen molar-refractivity contribution < 1.29 is 38.5 Å². The van der Waals surface area contributed by atoms with Gasteiger partial charge in [0, 0.05) is 42.6 Å². The van der Waals surface area contributed by atoms with Gasteiger partial charge in [-0.1, -0.05) is 59.6 Å². The third kappa shape index (κ3) is 9.63. The van der Waals surface area contributed by atoms with Crippen LogP contribution in [0.3, 0.4) is 0 Å². The number of hydrogen-bond acceptors (Lipinski definition) is 11. The number of halogens is 1. The lowest BCUT2D eigenvalue weighted by atomic mass is 9.77. The molecule has 3 aliphatic carbocycles. The van der Waals surface area contributed by atoms with E-state index >= 15 is 0 Å². The summed E-state index contributed by atoms with van der Waals surface area (Å²) in [7, 11) is 3.93. The zero-order chi connectivity index (χ0) is 43.3. The second kappa shape index (κ2) is 17.5. The van der Waals surface area contributed by atoms with E-state index in [1.807, 2.05) is 64.2 Å². The standard InChI is InChI=1S/C46H61ClN4O8S/c1-9-28-21-46(28,44(55)56)22-36(52)35-18-30(23-51(35)43(54)32(45(4,5)6)19-40(53)59-29-16-26-15-27(26)17-29)58-38-20-33(34-24-60-39(48-34)14-25(2)3)49-42-31(38)10-11-37(41(42)47)57-13-12-50(7)8/h10-11,20,24-30,32,35H,9,12-19,21-23H2,1-8H3,(H,55,56)/t26-,27+,28-,29?,30-,32-,35+,46?/m1/s1. The number of thiazole rings is 1. The van der Waals surface area contributed by atoms with Gasteiger partial charge in [0.05, 0.1) is 52.3 Å². The second-order valence-corrected chi connectivity index (χ2v) is 20.8. The first-order valence-electron chi connectivity index (χ1n) is 21.6. The van der Waals surface area contributed by atoms with Crippen molar-refractivity contribution in [1.82, 2.24) is 19.8 Å². The molecule has 60 heavy (non-hydrogen) atoms. The molecule has 326 valence electrons. The molecular formula is C46H61ClN4O8S. The minimum atomic E-state index is -1.14. The van der Waals surface area contributed by atoms with Gasteiger partial charge in [0.1, 0.15) is 35.3 Å². The number of hydrogen-bond donors (Lipinski definition) is 1. The zero-order valence-corrected chi connectivity index (χ0v) is 37.9. The number of esters is 1. The molecule has 4 aliphatic rings. The molecule has 7 rings (SSSR count). The molecule has 4 fully saturated rings. The largest absolute Gasteiger partial charge is 0.491 e. The SMILES string of the molecule is CC[C@@H]1CC1(CC(=O)[C@@H]1C[C@@H](Oc2cc(-c3csc(CC(C)C)n3)nc3c(Cl)c(OCCN(C)C)ccc23)CN1C(=O)[C@@H](CC(=O)OC1C[C@@H]2C[C@@H]2C1)C(C)(C)C)C(=O)O. The number of likely N-dealkylation sites (N-methyl/N-ethyl adjacent to an activating group) is 1. The highest BCUT2D eigenvalue weighted by Crippen LogP contribution is 2.58. The van der Waals surface area contributed by atoms with Crippen LogP contribution in [0.2, 0.25) is 5.02 Å². The fourth-order valence-corrected chi connectivity index (χ4v) is 10.7. The average molecular weight is 866 g/mol. The van der Waals surface area contributed by atoms with Crippen molar-refractivity contribution in [3.63, 3.8) is 0 Å². The van der Waals surface area contributed by atoms with Crippen LogP contribution in [0.4, 0.5) is 0 Å². The Hall–Kier alpha value is -3.81. The van der Waals surface area contributed by atoms with Crippen molar-refractivity contribution in [3.8, 4) is 22.9 Å². The maximum Gasteiger partial charge on any atom is 0.310 e. The van der Waals surface area contributed by atoms with Crippen LogP contribution in [0.25, 0.3) is 22.3 Å². The smallest absolute Gasteiger partial charge is 0.310 e. The highest BCUT2D eigenvalue weighted by molar-refractivity contribution is 7.09. The van der Waals surface area contributed by atoms with Crippen molar-refractivity contribution in [2.75, 3.05) is 33.8 Å². The molecule has 1 saturated heterocycles. The number of carboxylic acids is 1. The van der Waals surface area contributed by atoms with Gasteiger partial charge in [-0.15, -0.1) is 11.3 Å². The molecule has 0 spiro atoms. The van der Waals surface area contributed by atoms with Crippen LogP contribution >= 0.6 is 22.9 Å². The van der Waals surface area contributed by atoms with Gasteiger partial charge >= 0.3 is 11.9 Å². The van der Waals surface area contributed by atoms with Crippen LogP contribution in [0.15, 0.2) is 23.6 Å². The number of ether oxygens (including phenoxy) is 3. The molecule has 3 heterocycles. The first-order chi connectivity index (χ1) is 28.4. The van der Waals surface area contributed by atoms with E-state index in [9.17, 15) is 24.3 Å². The molecule has 1 aliphatic heterocycles. The summed E-state index contributed by atoms with van der Waals surface area (Å²) in [6, 6.07) is 4.54. The van der Waals surface area contributed by atoms with E-state index in [0.717, 1.165) is 24.3 Å². The highest BCUT2D eigenvalue weighted by atomic mass is 35.5. The Bertz CT molecular complexity index is 2110. The Kier molecular flexibility index (Phi) is 12.9. The number of benzene rings is 1. The monoisotopic (exact) mass is 864 g/mol. The Morgan fingerprint density at radius 3 is 2.40 bits per heavy atom. The number of carbonyl (C=O) groups is 4. The number of Topliss-reactive ketones (excluding diaryl/α,β-unsaturated/α-hetero) is 1. The summed E-state index contributed by atoms with van der Waals surface area (Å²) in [5, 5.41) is 14.2. The van der Waals surface area contributed by atoms with Crippen LogP contribution in [-0.2, 0) is 30.3 Å². The number of amides is 1. The van der Waals surface area contributed by atoms with Crippen molar-refractivity contribution in [3.05, 3.63) is 33.6 Å². The normalized spacial score (nSPS) is 26.4. The van der Waals surface area contributed by atoms with Gasteiger partial charge in [0.25, 0.3) is 0 Å². The summed E-state index contributed by atoms with van der Waals surface area (Å²) in [5.41, 5.74) is -0.0820. The van der Waals surface area contributed by atoms with E-state index in [0.29, 0.717) is 82.6 Å². The lowest BCUT2D eigenvalue weighted by Gasteiger charge is -2.35. The number of aromatic nitrogens is 2. The fraction of sp³-hybridized carbons (Fsp3) is 0.652. The van der Waals surface area contributed by atoms with Crippen LogP contribution < -0.4 is 9.47 Å². The predicted octanol–water partition coefficient (Wildman–Crippen LogP) is 8.35. The first kappa shape index (κ1) is 44.3. The molecule has 1 aromatic carbocycles. The molecular weight excluding hydrogens is 804 g/mol. The van der Waals surface area contributed by atoms with E-state index in [-0.39, 0.29) is 49.5 Å². The number of aliphatic carboxylic acids is 1. The summed E-state index contributed by atoms with van der Waals surface area (Å²) in [6.45, 7) is 13.2. The number of nitrogens with zero attached hydrogens (tertiary/aromatic N) is 4. The number of rotatable bonds is 18. The number of pyridine rings is 1. The number of carbonyl (C=O) groups excluding carboxylic acids is 3. The van der Waals surface area contributed by atoms with Gasteiger partial charge < -0.3 is 29.1 Å². The Morgan fingerprint density at radius 1 is 1.03 bits per heavy atom. The maximum absolute atomic E-state index is 14.9. The number of ketones is 1. The van der Waals surface area contributed by atoms with Gasteiger partial charge in [-0.2, -0.15) is 0 Å².